The minimum Gasteiger partial charge on any atom is -0.444 e. The first kappa shape index (κ1) is 29.7. The number of carbonyl (C=O) groups excluding carboxylic acids is 2. The number of carbonyl (C=O) groups is 2. The highest BCUT2D eigenvalue weighted by atomic mass is 19.1. The lowest BCUT2D eigenvalue weighted by Crippen LogP contribution is -2.62. The quantitative estimate of drug-likeness (QED) is 0.425. The molecule has 1 aromatic carbocycles. The number of fused-ring (bicyclic) bond motifs is 1. The number of halogens is 1. The summed E-state index contributed by atoms with van der Waals surface area (Å²) in [5.74, 6) is -0.270. The van der Waals surface area contributed by atoms with Gasteiger partial charge in [0.25, 0.3) is 0 Å². The Morgan fingerprint density at radius 2 is 1.86 bits per heavy atom. The summed E-state index contributed by atoms with van der Waals surface area (Å²) in [7, 11) is 0. The van der Waals surface area contributed by atoms with Crippen molar-refractivity contribution in [2.75, 3.05) is 31.1 Å². The molecule has 9 nitrogen and oxygen atoms in total. The summed E-state index contributed by atoms with van der Waals surface area (Å²) in [4.78, 5) is 41.9. The Morgan fingerprint density at radius 1 is 1.12 bits per heavy atom. The molecule has 0 spiro atoms. The molecule has 1 saturated heterocycles. The molecule has 5 rings (SSSR count). The average molecular weight is 577 g/mol. The zero-order valence-electron chi connectivity index (χ0n) is 25.4. The number of hydrogen-bond donors (Lipinski definition) is 0. The number of aromatic nitrogens is 3. The van der Waals surface area contributed by atoms with E-state index in [-0.39, 0.29) is 41.9 Å². The van der Waals surface area contributed by atoms with E-state index in [1.165, 1.54) is 12.1 Å². The number of piperazine rings is 1. The molecule has 2 aromatic heterocycles. The summed E-state index contributed by atoms with van der Waals surface area (Å²) in [5.41, 5.74) is 2.79. The van der Waals surface area contributed by atoms with Crippen LogP contribution in [0.5, 0.6) is 0 Å². The van der Waals surface area contributed by atoms with Gasteiger partial charge in [0.2, 0.25) is 5.91 Å². The van der Waals surface area contributed by atoms with Crippen LogP contribution in [-0.4, -0.2) is 80.2 Å². The van der Waals surface area contributed by atoms with Gasteiger partial charge in [0.05, 0.1) is 24.3 Å². The molecule has 2 atom stereocenters. The van der Waals surface area contributed by atoms with Gasteiger partial charge >= 0.3 is 6.09 Å². The Hall–Kier alpha value is -3.79. The van der Waals surface area contributed by atoms with E-state index < -0.39 is 5.60 Å². The summed E-state index contributed by atoms with van der Waals surface area (Å²) >= 11 is 0. The van der Waals surface area contributed by atoms with Crippen LogP contribution in [0.2, 0.25) is 0 Å². The van der Waals surface area contributed by atoms with Crippen molar-refractivity contribution in [3.63, 3.8) is 0 Å². The molecule has 2 amide bonds. The van der Waals surface area contributed by atoms with Crippen molar-refractivity contribution in [1.82, 2.24) is 24.3 Å². The van der Waals surface area contributed by atoms with Crippen molar-refractivity contribution >= 4 is 17.7 Å². The number of hydrogen-bond acceptors (Lipinski definition) is 6. The van der Waals surface area contributed by atoms with Gasteiger partial charge in [-0.15, -0.1) is 0 Å². The van der Waals surface area contributed by atoms with Gasteiger partial charge in [-0.1, -0.05) is 26.0 Å². The molecule has 2 aliphatic rings. The molecule has 10 heteroatoms. The molecule has 2 aliphatic heterocycles. The summed E-state index contributed by atoms with van der Waals surface area (Å²) in [6.45, 7) is 14.1. The second-order valence-corrected chi connectivity index (χ2v) is 13.2. The summed E-state index contributed by atoms with van der Waals surface area (Å²) in [6.07, 6.45) is 7.49. The molecule has 0 saturated carbocycles. The number of anilines is 1. The number of nitrogens with zero attached hydrogens (tertiary/aromatic N) is 6. The van der Waals surface area contributed by atoms with Crippen LogP contribution in [0.15, 0.2) is 55.2 Å². The predicted octanol–water partition coefficient (Wildman–Crippen LogP) is 4.64. The van der Waals surface area contributed by atoms with Crippen LogP contribution < -0.4 is 4.90 Å². The van der Waals surface area contributed by atoms with Crippen LogP contribution >= 0.6 is 0 Å². The third kappa shape index (κ3) is 6.64. The number of rotatable bonds is 6. The van der Waals surface area contributed by atoms with Gasteiger partial charge in [0.15, 0.2) is 0 Å². The second kappa shape index (κ2) is 11.5. The van der Waals surface area contributed by atoms with Gasteiger partial charge in [-0.25, -0.2) is 14.2 Å². The number of imidazole rings is 1. The third-order valence-electron chi connectivity index (χ3n) is 7.93. The lowest BCUT2D eigenvalue weighted by molar-refractivity contribution is -0.121. The van der Waals surface area contributed by atoms with Crippen molar-refractivity contribution in [2.24, 2.45) is 0 Å². The maximum Gasteiger partial charge on any atom is 0.410 e. The van der Waals surface area contributed by atoms with Crippen molar-refractivity contribution in [3.8, 4) is 0 Å². The standard InChI is InChI=1S/C32H41FN6O3/c1-22-16-37(26(17-36-12-11-34-21-36)18-38(22)30(41)42-31(2,3)4)19-28(40)39-20-32(5,6)29-27(39)14-24(15-35-29)13-23-7-9-25(33)10-8-23/h7-12,14-15,21-22,26H,13,16-20H2,1-6H3/t22-,26-/m1/s1. The highest BCUT2D eigenvalue weighted by Crippen LogP contribution is 2.40. The predicted molar refractivity (Wildman–Crippen MR) is 159 cm³/mol. The average Bonchev–Trinajstić information content (AvgIpc) is 3.51. The lowest BCUT2D eigenvalue weighted by Gasteiger charge is -2.45. The van der Waals surface area contributed by atoms with E-state index >= 15 is 0 Å². The maximum atomic E-state index is 14.0. The first-order valence-electron chi connectivity index (χ1n) is 14.5. The Morgan fingerprint density at radius 3 is 2.52 bits per heavy atom. The molecule has 224 valence electrons. The van der Waals surface area contributed by atoms with Crippen molar-refractivity contribution < 1.29 is 18.7 Å². The smallest absolute Gasteiger partial charge is 0.410 e. The monoisotopic (exact) mass is 576 g/mol. The van der Waals surface area contributed by atoms with Crippen LogP contribution in [0.3, 0.4) is 0 Å². The summed E-state index contributed by atoms with van der Waals surface area (Å²) in [6, 6.07) is 8.27. The fourth-order valence-corrected chi connectivity index (χ4v) is 5.88. The summed E-state index contributed by atoms with van der Waals surface area (Å²) in [5, 5.41) is 0. The Kier molecular flexibility index (Phi) is 8.11. The molecular formula is C32H41FN6O3. The third-order valence-corrected chi connectivity index (χ3v) is 7.93. The molecule has 0 N–H and O–H groups in total. The zero-order chi connectivity index (χ0) is 30.2. The minimum absolute atomic E-state index is 0.00361. The Balaban J connectivity index is 1.36. The van der Waals surface area contributed by atoms with Crippen LogP contribution in [-0.2, 0) is 27.9 Å². The molecule has 3 aromatic rings. The van der Waals surface area contributed by atoms with E-state index in [2.05, 4.69) is 23.7 Å². The van der Waals surface area contributed by atoms with Gasteiger partial charge in [-0.3, -0.25) is 14.7 Å². The summed E-state index contributed by atoms with van der Waals surface area (Å²) < 4.78 is 21.1. The number of amides is 2. The molecule has 0 unspecified atom stereocenters. The van der Waals surface area contributed by atoms with Crippen LogP contribution in [0.1, 0.15) is 58.4 Å². The SMILES string of the molecule is C[C@@H]1CN(CC(=O)N2CC(C)(C)c3ncc(Cc4ccc(F)cc4)cc32)[C@H](Cn2ccnc2)CN1C(=O)OC(C)(C)C. The Bertz CT molecular complexity index is 1420. The highest BCUT2D eigenvalue weighted by Gasteiger charge is 2.42. The Labute approximate surface area is 247 Å². The van der Waals surface area contributed by atoms with Gasteiger partial charge in [0.1, 0.15) is 11.4 Å². The van der Waals surface area contributed by atoms with Crippen molar-refractivity contribution in [2.45, 2.75) is 77.6 Å². The van der Waals surface area contributed by atoms with E-state index in [0.717, 1.165) is 22.5 Å². The van der Waals surface area contributed by atoms with Crippen molar-refractivity contribution in [1.29, 1.82) is 0 Å². The van der Waals surface area contributed by atoms with E-state index in [9.17, 15) is 14.0 Å². The van der Waals surface area contributed by atoms with Gasteiger partial charge < -0.3 is 19.1 Å². The van der Waals surface area contributed by atoms with Crippen molar-refractivity contribution in [3.05, 3.63) is 77.9 Å². The minimum atomic E-state index is -0.594. The first-order valence-corrected chi connectivity index (χ1v) is 14.5. The normalized spacial score (nSPS) is 20.5. The highest BCUT2D eigenvalue weighted by molar-refractivity contribution is 5.97. The molecule has 0 radical (unpaired) electrons. The maximum absolute atomic E-state index is 14.0. The molecule has 4 heterocycles. The van der Waals surface area contributed by atoms with E-state index in [0.29, 0.717) is 32.6 Å². The molecule has 1 fully saturated rings. The number of ether oxygens (including phenoxy) is 1. The van der Waals surface area contributed by atoms with E-state index in [4.69, 9.17) is 9.72 Å². The van der Waals surface area contributed by atoms with E-state index in [1.54, 1.807) is 29.6 Å². The molecule has 0 bridgehead atoms. The van der Waals surface area contributed by atoms with Gasteiger partial charge in [-0.2, -0.15) is 0 Å². The lowest BCUT2D eigenvalue weighted by atomic mass is 9.91. The fraction of sp³-hybridized carbons (Fsp3) is 0.500. The number of pyridine rings is 1. The first-order chi connectivity index (χ1) is 19.8. The largest absolute Gasteiger partial charge is 0.444 e. The van der Waals surface area contributed by atoms with Crippen LogP contribution in [0.4, 0.5) is 14.9 Å². The second-order valence-electron chi connectivity index (χ2n) is 13.2. The van der Waals surface area contributed by atoms with Gasteiger partial charge in [0, 0.05) is 62.3 Å². The fourth-order valence-electron chi connectivity index (χ4n) is 5.88. The topological polar surface area (TPSA) is 83.8 Å². The van der Waals surface area contributed by atoms with Crippen LogP contribution in [0.25, 0.3) is 0 Å². The molecular weight excluding hydrogens is 535 g/mol. The number of benzene rings is 1. The van der Waals surface area contributed by atoms with E-state index in [1.807, 2.05) is 55.6 Å². The van der Waals surface area contributed by atoms with Gasteiger partial charge in [-0.05, 0) is 63.4 Å². The zero-order valence-corrected chi connectivity index (χ0v) is 25.4. The molecule has 42 heavy (non-hydrogen) atoms. The van der Waals surface area contributed by atoms with Crippen LogP contribution in [0, 0.1) is 5.82 Å². The molecule has 0 aliphatic carbocycles.